The summed E-state index contributed by atoms with van der Waals surface area (Å²) in [5.41, 5.74) is -2.34. The highest BCUT2D eigenvalue weighted by Crippen LogP contribution is 2.33. The summed E-state index contributed by atoms with van der Waals surface area (Å²) in [5, 5.41) is 12.0. The quantitative estimate of drug-likeness (QED) is 0.881. The van der Waals surface area contributed by atoms with Crippen molar-refractivity contribution in [2.24, 2.45) is 7.05 Å². The number of carboxylic acid groups (broad SMARTS) is 1. The molecular weight excluding hydrogens is 267 g/mol. The minimum atomic E-state index is -4.71. The smallest absolute Gasteiger partial charge is 0.417 e. The Morgan fingerprint density at radius 3 is 2.63 bits per heavy atom. The summed E-state index contributed by atoms with van der Waals surface area (Å²) in [7, 11) is 1.33. The zero-order valence-electron chi connectivity index (χ0n) is 9.60. The monoisotopic (exact) mass is 275 g/mol. The van der Waals surface area contributed by atoms with Crippen molar-refractivity contribution in [3.63, 3.8) is 0 Å². The second kappa shape index (κ2) is 4.11. The van der Waals surface area contributed by atoms with Gasteiger partial charge in [-0.3, -0.25) is 18.8 Å². The average Bonchev–Trinajstić information content (AvgIpc) is 2.62. The van der Waals surface area contributed by atoms with Crippen LogP contribution in [0, 0.1) is 0 Å². The molecule has 0 unspecified atom stereocenters. The molecule has 0 saturated carbocycles. The van der Waals surface area contributed by atoms with Gasteiger partial charge in [-0.2, -0.15) is 18.3 Å². The van der Waals surface area contributed by atoms with E-state index < -0.39 is 29.8 Å². The normalized spacial score (nSPS) is 12.0. The first-order valence-corrected chi connectivity index (χ1v) is 5.06. The van der Waals surface area contributed by atoms with Crippen LogP contribution in [0.3, 0.4) is 0 Å². The molecular formula is C10H8F3N3O3. The summed E-state index contributed by atoms with van der Waals surface area (Å²) in [6.07, 6.45) is -3.75. The number of carboxylic acids is 1. The number of aromatic nitrogens is 3. The SMILES string of the molecule is Cn1ncc2c(C(F)(F)F)cc(=O)n(CC(=O)O)c21. The average molecular weight is 275 g/mol. The van der Waals surface area contributed by atoms with Gasteiger partial charge in [0.15, 0.2) is 0 Å². The lowest BCUT2D eigenvalue weighted by molar-refractivity contribution is -0.137. The Morgan fingerprint density at radius 1 is 1.47 bits per heavy atom. The molecule has 0 atom stereocenters. The van der Waals surface area contributed by atoms with Gasteiger partial charge in [0.05, 0.1) is 11.8 Å². The topological polar surface area (TPSA) is 77.1 Å². The van der Waals surface area contributed by atoms with E-state index in [1.807, 2.05) is 0 Å². The Kier molecular flexibility index (Phi) is 2.84. The summed E-state index contributed by atoms with van der Waals surface area (Å²) in [4.78, 5) is 22.3. The van der Waals surface area contributed by atoms with Gasteiger partial charge in [-0.25, -0.2) is 0 Å². The fraction of sp³-hybridized carbons (Fsp3) is 0.300. The van der Waals surface area contributed by atoms with Gasteiger partial charge in [0.25, 0.3) is 5.56 Å². The van der Waals surface area contributed by atoms with Crippen LogP contribution in [0.5, 0.6) is 0 Å². The molecule has 0 bridgehead atoms. The Labute approximate surface area is 103 Å². The molecule has 0 aliphatic rings. The predicted molar refractivity (Wildman–Crippen MR) is 57.6 cm³/mol. The van der Waals surface area contributed by atoms with Crippen LogP contribution < -0.4 is 5.56 Å². The van der Waals surface area contributed by atoms with Crippen molar-refractivity contribution in [3.8, 4) is 0 Å². The number of carbonyl (C=O) groups is 1. The molecule has 0 aliphatic heterocycles. The summed E-state index contributed by atoms with van der Waals surface area (Å²) < 4.78 is 40.2. The molecule has 6 nitrogen and oxygen atoms in total. The lowest BCUT2D eigenvalue weighted by Gasteiger charge is -2.11. The molecule has 0 aromatic carbocycles. The number of halogens is 3. The van der Waals surface area contributed by atoms with E-state index >= 15 is 0 Å². The Hall–Kier alpha value is -2.32. The van der Waals surface area contributed by atoms with Crippen LogP contribution >= 0.6 is 0 Å². The lowest BCUT2D eigenvalue weighted by Crippen LogP contribution is -2.27. The summed E-state index contributed by atoms with van der Waals surface area (Å²) in [6.45, 7) is -0.729. The van der Waals surface area contributed by atoms with E-state index in [9.17, 15) is 22.8 Å². The highest BCUT2D eigenvalue weighted by atomic mass is 19.4. The first-order valence-electron chi connectivity index (χ1n) is 5.06. The lowest BCUT2D eigenvalue weighted by atomic mass is 10.2. The van der Waals surface area contributed by atoms with Gasteiger partial charge in [0.2, 0.25) is 0 Å². The second-order valence-corrected chi connectivity index (χ2v) is 3.88. The number of hydrogen-bond acceptors (Lipinski definition) is 3. The molecule has 1 N–H and O–H groups in total. The fourth-order valence-corrected chi connectivity index (χ4v) is 1.85. The number of aliphatic carboxylic acids is 1. The predicted octanol–water partition coefficient (Wildman–Crippen LogP) is 0.838. The van der Waals surface area contributed by atoms with Gasteiger partial charge in [-0.05, 0) is 0 Å². The molecule has 2 aromatic rings. The number of rotatable bonds is 2. The first kappa shape index (κ1) is 13.1. The number of pyridine rings is 1. The van der Waals surface area contributed by atoms with Crippen molar-refractivity contribution in [1.82, 2.24) is 14.3 Å². The Morgan fingerprint density at radius 2 is 2.11 bits per heavy atom. The highest BCUT2D eigenvalue weighted by molar-refractivity contribution is 5.81. The third-order valence-electron chi connectivity index (χ3n) is 2.59. The molecule has 2 aromatic heterocycles. The number of aryl methyl sites for hydroxylation is 1. The van der Waals surface area contributed by atoms with E-state index in [4.69, 9.17) is 5.11 Å². The van der Waals surface area contributed by atoms with Crippen molar-refractivity contribution in [2.75, 3.05) is 0 Å². The summed E-state index contributed by atoms with van der Waals surface area (Å²) in [6, 6.07) is 0.382. The zero-order chi connectivity index (χ0) is 14.4. The van der Waals surface area contributed by atoms with E-state index in [0.717, 1.165) is 15.4 Å². The van der Waals surface area contributed by atoms with Crippen molar-refractivity contribution in [3.05, 3.63) is 28.2 Å². The second-order valence-electron chi connectivity index (χ2n) is 3.88. The van der Waals surface area contributed by atoms with Gasteiger partial charge < -0.3 is 5.11 Å². The Bertz CT molecular complexity index is 714. The maximum Gasteiger partial charge on any atom is 0.417 e. The van der Waals surface area contributed by atoms with Crippen molar-refractivity contribution < 1.29 is 23.1 Å². The van der Waals surface area contributed by atoms with Crippen molar-refractivity contribution in [1.29, 1.82) is 0 Å². The van der Waals surface area contributed by atoms with Crippen LogP contribution in [0.25, 0.3) is 11.0 Å². The number of alkyl halides is 3. The van der Waals surface area contributed by atoms with Gasteiger partial charge in [-0.15, -0.1) is 0 Å². The van der Waals surface area contributed by atoms with Crippen LogP contribution in [-0.2, 0) is 24.6 Å². The maximum absolute atomic E-state index is 12.8. The van der Waals surface area contributed by atoms with Crippen LogP contribution in [0.2, 0.25) is 0 Å². The minimum Gasteiger partial charge on any atom is -0.480 e. The highest BCUT2D eigenvalue weighted by Gasteiger charge is 2.35. The third kappa shape index (κ3) is 2.18. The standard InChI is InChI=1S/C10H8F3N3O3/c1-15-9-5(3-14-15)6(10(11,12)13)2-7(17)16(9)4-8(18)19/h2-3H,4H2,1H3,(H,18,19). The van der Waals surface area contributed by atoms with Gasteiger partial charge in [0, 0.05) is 18.5 Å². The first-order chi connectivity index (χ1) is 8.71. The summed E-state index contributed by atoms with van der Waals surface area (Å²) in [5.74, 6) is -1.33. The zero-order valence-corrected chi connectivity index (χ0v) is 9.60. The number of nitrogens with zero attached hydrogens (tertiary/aromatic N) is 3. The number of hydrogen-bond donors (Lipinski definition) is 1. The molecule has 9 heteroatoms. The van der Waals surface area contributed by atoms with Crippen LogP contribution in [0.4, 0.5) is 13.2 Å². The van der Waals surface area contributed by atoms with Gasteiger partial charge in [-0.1, -0.05) is 0 Å². The van der Waals surface area contributed by atoms with E-state index in [1.54, 1.807) is 0 Å². The molecule has 0 amide bonds. The molecule has 0 fully saturated rings. The fourth-order valence-electron chi connectivity index (χ4n) is 1.85. The molecule has 0 aliphatic carbocycles. The Balaban J connectivity index is 2.87. The molecule has 19 heavy (non-hydrogen) atoms. The molecule has 102 valence electrons. The largest absolute Gasteiger partial charge is 0.480 e. The van der Waals surface area contributed by atoms with E-state index in [1.165, 1.54) is 7.05 Å². The van der Waals surface area contributed by atoms with Crippen LogP contribution in [0.1, 0.15) is 5.56 Å². The molecule has 0 saturated heterocycles. The van der Waals surface area contributed by atoms with Gasteiger partial charge in [0.1, 0.15) is 12.2 Å². The van der Waals surface area contributed by atoms with Gasteiger partial charge >= 0.3 is 12.1 Å². The molecule has 0 spiro atoms. The summed E-state index contributed by atoms with van der Waals surface area (Å²) >= 11 is 0. The number of fused-ring (bicyclic) bond motifs is 1. The van der Waals surface area contributed by atoms with E-state index in [-0.39, 0.29) is 11.0 Å². The minimum absolute atomic E-state index is 0.178. The molecule has 0 radical (unpaired) electrons. The molecule has 2 rings (SSSR count). The maximum atomic E-state index is 12.8. The van der Waals surface area contributed by atoms with E-state index in [2.05, 4.69) is 5.10 Å². The van der Waals surface area contributed by atoms with Crippen LogP contribution in [0.15, 0.2) is 17.1 Å². The third-order valence-corrected chi connectivity index (χ3v) is 2.59. The van der Waals surface area contributed by atoms with Crippen molar-refractivity contribution in [2.45, 2.75) is 12.7 Å². The van der Waals surface area contributed by atoms with Crippen molar-refractivity contribution >= 4 is 17.0 Å². The molecule has 2 heterocycles. The van der Waals surface area contributed by atoms with Crippen LogP contribution in [-0.4, -0.2) is 25.4 Å². The van der Waals surface area contributed by atoms with E-state index in [0.29, 0.717) is 6.07 Å².